The number of carbonyl (C=O) groups is 1. The molecule has 0 saturated heterocycles. The van der Waals surface area contributed by atoms with Crippen LogP contribution in [0.4, 0.5) is 0 Å². The van der Waals surface area contributed by atoms with Crippen molar-refractivity contribution in [2.75, 3.05) is 14.2 Å². The lowest BCUT2D eigenvalue weighted by molar-refractivity contribution is -0.128. The van der Waals surface area contributed by atoms with Gasteiger partial charge in [0.1, 0.15) is 5.84 Å². The maximum Gasteiger partial charge on any atom is 0.239 e. The molecule has 0 aromatic heterocycles. The van der Waals surface area contributed by atoms with E-state index in [1.54, 1.807) is 19.1 Å². The molecule has 1 aromatic carbocycles. The number of allylic oxidation sites excluding steroid dienone is 6. The van der Waals surface area contributed by atoms with E-state index < -0.39 is 0 Å². The minimum atomic E-state index is -0.166. The highest BCUT2D eigenvalue weighted by Gasteiger charge is 2.40. The Labute approximate surface area is 189 Å². The van der Waals surface area contributed by atoms with Gasteiger partial charge in [-0.2, -0.15) is 0 Å². The van der Waals surface area contributed by atoms with E-state index in [4.69, 9.17) is 9.47 Å². The molecular formula is C27H28N2O3. The predicted molar refractivity (Wildman–Crippen MR) is 126 cm³/mol. The van der Waals surface area contributed by atoms with E-state index in [1.807, 2.05) is 30.6 Å². The molecule has 1 amide bonds. The van der Waals surface area contributed by atoms with Crippen molar-refractivity contribution in [1.29, 1.82) is 0 Å². The van der Waals surface area contributed by atoms with Crippen molar-refractivity contribution in [1.82, 2.24) is 4.90 Å². The molecule has 4 aliphatic rings. The lowest BCUT2D eigenvalue weighted by atomic mass is 9.78. The fourth-order valence-electron chi connectivity index (χ4n) is 5.16. The monoisotopic (exact) mass is 428 g/mol. The van der Waals surface area contributed by atoms with Crippen LogP contribution >= 0.6 is 0 Å². The van der Waals surface area contributed by atoms with Crippen LogP contribution in [-0.4, -0.2) is 30.9 Å². The second-order valence-corrected chi connectivity index (χ2v) is 8.57. The zero-order valence-electron chi connectivity index (χ0n) is 18.8. The Hall–Kier alpha value is -3.34. The van der Waals surface area contributed by atoms with Gasteiger partial charge in [-0.3, -0.25) is 9.69 Å². The van der Waals surface area contributed by atoms with Crippen LogP contribution in [0.5, 0.6) is 11.5 Å². The number of nitrogens with zero attached hydrogens (tertiary/aromatic N) is 2. The molecule has 2 heterocycles. The minimum absolute atomic E-state index is 0.0540. The van der Waals surface area contributed by atoms with Crippen LogP contribution in [0.3, 0.4) is 0 Å². The summed E-state index contributed by atoms with van der Waals surface area (Å²) in [6.07, 6.45) is 16.0. The maximum atomic E-state index is 13.9. The molecule has 2 aliphatic carbocycles. The number of carbonyl (C=O) groups excluding carboxylic acids is 1. The third-order valence-electron chi connectivity index (χ3n) is 6.86. The first-order valence-corrected chi connectivity index (χ1v) is 11.2. The van der Waals surface area contributed by atoms with Crippen molar-refractivity contribution in [2.24, 2.45) is 16.8 Å². The highest BCUT2D eigenvalue weighted by molar-refractivity contribution is 6.11. The maximum absolute atomic E-state index is 13.9. The molecule has 0 spiro atoms. The van der Waals surface area contributed by atoms with Crippen molar-refractivity contribution in [2.45, 2.75) is 32.6 Å². The number of hydrogen-bond donors (Lipinski definition) is 0. The van der Waals surface area contributed by atoms with E-state index in [2.05, 4.69) is 36.2 Å². The fraction of sp³-hybridized carbons (Fsp3) is 0.333. The van der Waals surface area contributed by atoms with Crippen molar-refractivity contribution in [3.63, 3.8) is 0 Å². The molecule has 2 unspecified atom stereocenters. The summed E-state index contributed by atoms with van der Waals surface area (Å²) in [6, 6.07) is 5.91. The molecule has 2 aliphatic heterocycles. The first-order chi connectivity index (χ1) is 15.6. The van der Waals surface area contributed by atoms with Crippen molar-refractivity contribution >= 4 is 17.3 Å². The summed E-state index contributed by atoms with van der Waals surface area (Å²) in [4.78, 5) is 20.3. The van der Waals surface area contributed by atoms with Crippen LogP contribution in [0, 0.1) is 11.8 Å². The highest BCUT2D eigenvalue weighted by Crippen LogP contribution is 2.42. The van der Waals surface area contributed by atoms with Gasteiger partial charge in [0.15, 0.2) is 11.5 Å². The second kappa shape index (κ2) is 8.30. The van der Waals surface area contributed by atoms with Crippen LogP contribution in [0.1, 0.15) is 38.2 Å². The van der Waals surface area contributed by atoms with Crippen molar-refractivity contribution in [3.8, 4) is 11.5 Å². The molecule has 0 N–H and O–H groups in total. The third kappa shape index (κ3) is 3.32. The number of amidine groups is 1. The number of rotatable bonds is 4. The van der Waals surface area contributed by atoms with Gasteiger partial charge in [-0.05, 0) is 67.0 Å². The number of methoxy groups -OCH3 is 2. The van der Waals surface area contributed by atoms with Gasteiger partial charge in [0, 0.05) is 18.3 Å². The molecule has 32 heavy (non-hydrogen) atoms. The largest absolute Gasteiger partial charge is 0.493 e. The molecule has 0 bridgehead atoms. The number of benzene rings is 1. The predicted octanol–water partition coefficient (Wildman–Crippen LogP) is 5.43. The van der Waals surface area contributed by atoms with Gasteiger partial charge in [0.05, 0.1) is 20.1 Å². The second-order valence-electron chi connectivity index (χ2n) is 8.57. The molecule has 0 saturated carbocycles. The minimum Gasteiger partial charge on any atom is -0.493 e. The van der Waals surface area contributed by atoms with Gasteiger partial charge >= 0.3 is 0 Å². The first-order valence-electron chi connectivity index (χ1n) is 11.2. The lowest BCUT2D eigenvalue weighted by Crippen LogP contribution is -2.38. The molecular weight excluding hydrogens is 400 g/mol. The standard InChI is InChI=1S/C27H28N2O3/c1-17-10-12-22(20-8-5-4-7-19(17)20)27(30)29-16-23(21-9-6-14-28-26(21)29)18-11-13-24(31-2)25(15-18)32-3/h5-6,8,10-11,13-16,21-22H,4,7,9,12H2,1-3H3. The van der Waals surface area contributed by atoms with E-state index >= 15 is 0 Å². The molecule has 1 aromatic rings. The van der Waals surface area contributed by atoms with Gasteiger partial charge in [0.25, 0.3) is 0 Å². The summed E-state index contributed by atoms with van der Waals surface area (Å²) in [5.74, 6) is 2.17. The zero-order valence-corrected chi connectivity index (χ0v) is 18.8. The van der Waals surface area contributed by atoms with E-state index in [0.717, 1.165) is 42.7 Å². The summed E-state index contributed by atoms with van der Waals surface area (Å²) in [5, 5.41) is 0. The lowest BCUT2D eigenvalue weighted by Gasteiger charge is -2.30. The van der Waals surface area contributed by atoms with Crippen LogP contribution in [0.25, 0.3) is 5.57 Å². The topological polar surface area (TPSA) is 51.1 Å². The third-order valence-corrected chi connectivity index (χ3v) is 6.86. The summed E-state index contributed by atoms with van der Waals surface area (Å²) in [7, 11) is 3.27. The Morgan fingerprint density at radius 3 is 2.78 bits per heavy atom. The van der Waals surface area contributed by atoms with Gasteiger partial charge in [-0.15, -0.1) is 0 Å². The Kier molecular flexibility index (Phi) is 5.33. The van der Waals surface area contributed by atoms with E-state index in [0.29, 0.717) is 11.5 Å². The quantitative estimate of drug-likeness (QED) is 0.642. The highest BCUT2D eigenvalue weighted by atomic mass is 16.5. The SMILES string of the molecule is COc1ccc(C2=CN(C(=O)C3CC=C(C)C4=C3C=CCC4)C3=NC=CCC23)cc1OC. The number of aliphatic imine (C=N–C) groups is 1. The average Bonchev–Trinajstić information content (AvgIpc) is 3.23. The molecule has 0 radical (unpaired) electrons. The molecule has 5 rings (SSSR count). The Morgan fingerprint density at radius 1 is 1.12 bits per heavy atom. The Balaban J connectivity index is 1.53. The van der Waals surface area contributed by atoms with Gasteiger partial charge in [0.2, 0.25) is 5.91 Å². The first kappa shape index (κ1) is 20.6. The van der Waals surface area contributed by atoms with Crippen molar-refractivity contribution < 1.29 is 14.3 Å². The Bertz CT molecular complexity index is 1150. The van der Waals surface area contributed by atoms with Crippen LogP contribution in [0.15, 0.2) is 76.6 Å². The van der Waals surface area contributed by atoms with Gasteiger partial charge in [-0.1, -0.05) is 35.9 Å². The average molecular weight is 429 g/mol. The van der Waals surface area contributed by atoms with Crippen LogP contribution in [-0.2, 0) is 4.79 Å². The summed E-state index contributed by atoms with van der Waals surface area (Å²) >= 11 is 0. The molecule has 164 valence electrons. The fourth-order valence-corrected chi connectivity index (χ4v) is 5.16. The number of amides is 1. The van der Waals surface area contributed by atoms with Crippen molar-refractivity contribution in [3.05, 3.63) is 77.2 Å². The van der Waals surface area contributed by atoms with Crippen LogP contribution in [0.2, 0.25) is 0 Å². The van der Waals surface area contributed by atoms with E-state index in [9.17, 15) is 4.79 Å². The number of ether oxygens (including phenoxy) is 2. The van der Waals surface area contributed by atoms with Crippen LogP contribution < -0.4 is 9.47 Å². The summed E-state index contributed by atoms with van der Waals surface area (Å²) < 4.78 is 10.9. The van der Waals surface area contributed by atoms with E-state index in [1.165, 1.54) is 16.7 Å². The number of hydrogen-bond acceptors (Lipinski definition) is 4. The summed E-state index contributed by atoms with van der Waals surface area (Å²) in [6.45, 7) is 2.16. The van der Waals surface area contributed by atoms with E-state index in [-0.39, 0.29) is 17.7 Å². The molecule has 5 nitrogen and oxygen atoms in total. The Morgan fingerprint density at radius 2 is 1.97 bits per heavy atom. The number of fused-ring (bicyclic) bond motifs is 1. The van der Waals surface area contributed by atoms with Gasteiger partial charge in [-0.25, -0.2) is 4.99 Å². The molecule has 2 atom stereocenters. The summed E-state index contributed by atoms with van der Waals surface area (Å²) in [5.41, 5.74) is 5.92. The van der Waals surface area contributed by atoms with Gasteiger partial charge < -0.3 is 9.47 Å². The molecule has 0 fully saturated rings. The molecule has 5 heteroatoms. The smallest absolute Gasteiger partial charge is 0.239 e. The normalized spacial score (nSPS) is 23.8. The zero-order chi connectivity index (χ0) is 22.2.